The summed E-state index contributed by atoms with van der Waals surface area (Å²) in [5, 5.41) is 3.52. The van der Waals surface area contributed by atoms with Crippen LogP contribution in [-0.4, -0.2) is 11.4 Å². The van der Waals surface area contributed by atoms with Gasteiger partial charge < -0.3 is 5.32 Å². The largest absolute Gasteiger partial charge is 0.350 e. The molecule has 1 aliphatic rings. The van der Waals surface area contributed by atoms with E-state index in [-0.39, 0.29) is 16.9 Å². The van der Waals surface area contributed by atoms with Gasteiger partial charge in [-0.15, -0.1) is 0 Å². The van der Waals surface area contributed by atoms with E-state index in [1.807, 2.05) is 36.4 Å². The summed E-state index contributed by atoms with van der Waals surface area (Å²) in [5.74, 6) is 1.87. The number of benzene rings is 2. The Bertz CT molecular complexity index is 852. The minimum Gasteiger partial charge on any atom is -0.350 e. The van der Waals surface area contributed by atoms with E-state index in [0.717, 1.165) is 29.4 Å². The van der Waals surface area contributed by atoms with Gasteiger partial charge in [0.1, 0.15) is 0 Å². The maximum absolute atomic E-state index is 14.1. The van der Waals surface area contributed by atoms with Crippen molar-refractivity contribution in [2.24, 2.45) is 17.3 Å². The number of carbonyl (C=O) groups is 1. The lowest BCUT2D eigenvalue weighted by Crippen LogP contribution is -2.54. The minimum atomic E-state index is -0.692. The number of rotatable bonds is 10. The van der Waals surface area contributed by atoms with Crippen molar-refractivity contribution in [3.05, 3.63) is 71.8 Å². The molecule has 34 heavy (non-hydrogen) atoms. The molecule has 1 amide bonds. The van der Waals surface area contributed by atoms with Crippen molar-refractivity contribution in [2.45, 2.75) is 104 Å². The van der Waals surface area contributed by atoms with Gasteiger partial charge in [-0.1, -0.05) is 120 Å². The van der Waals surface area contributed by atoms with E-state index in [2.05, 4.69) is 71.1 Å². The summed E-state index contributed by atoms with van der Waals surface area (Å²) in [6, 6.07) is 20.6. The lowest BCUT2D eigenvalue weighted by Gasteiger charge is -2.42. The highest BCUT2D eigenvalue weighted by Gasteiger charge is 2.43. The van der Waals surface area contributed by atoms with Crippen molar-refractivity contribution < 1.29 is 4.79 Å². The minimum absolute atomic E-state index is 0.108. The number of carbonyl (C=O) groups excluding carboxylic acids is 1. The molecular weight excluding hydrogens is 414 g/mol. The molecule has 1 N–H and O–H groups in total. The first-order valence-electron chi connectivity index (χ1n) is 13.6. The van der Waals surface area contributed by atoms with Crippen LogP contribution in [0.25, 0.3) is 0 Å². The van der Waals surface area contributed by atoms with Crippen LogP contribution < -0.4 is 5.32 Å². The van der Waals surface area contributed by atoms with E-state index < -0.39 is 5.41 Å². The predicted octanol–water partition coefficient (Wildman–Crippen LogP) is 8.30. The van der Waals surface area contributed by atoms with Crippen molar-refractivity contribution in [2.75, 3.05) is 0 Å². The molecule has 0 aliphatic heterocycles. The topological polar surface area (TPSA) is 29.1 Å². The van der Waals surface area contributed by atoms with E-state index in [0.29, 0.717) is 6.42 Å². The van der Waals surface area contributed by atoms with Gasteiger partial charge in [0.25, 0.3) is 0 Å². The summed E-state index contributed by atoms with van der Waals surface area (Å²) in [6.07, 6.45) is 9.80. The summed E-state index contributed by atoms with van der Waals surface area (Å²) in [7, 11) is 0. The van der Waals surface area contributed by atoms with Crippen molar-refractivity contribution in [1.29, 1.82) is 0 Å². The van der Waals surface area contributed by atoms with Gasteiger partial charge in [0.15, 0.2) is 0 Å². The molecule has 0 spiro atoms. The maximum Gasteiger partial charge on any atom is 0.235 e. The standard InChI is InChI=1S/C32H47NO/c1-7-25-19-21-26(22-20-25)23-30(3,4)24-31(5,6)33-29(34)32(8-2,27-15-11-9-12-16-27)28-17-13-10-14-18-28/h9-18,25-26H,7-8,19-24H2,1-6H3,(H,33,34). The van der Waals surface area contributed by atoms with Gasteiger partial charge >= 0.3 is 0 Å². The first kappa shape index (κ1) is 26.5. The maximum atomic E-state index is 14.1. The molecule has 2 aromatic rings. The van der Waals surface area contributed by atoms with E-state index in [1.165, 1.54) is 38.5 Å². The lowest BCUT2D eigenvalue weighted by atomic mass is 9.68. The third-order valence-corrected chi connectivity index (χ3v) is 8.21. The SMILES string of the molecule is CCC1CCC(CC(C)(C)CC(C)(C)NC(=O)C(CC)(c2ccccc2)c2ccccc2)CC1. The van der Waals surface area contributed by atoms with Crippen molar-refractivity contribution in [1.82, 2.24) is 5.32 Å². The normalized spacial score (nSPS) is 19.6. The predicted molar refractivity (Wildman–Crippen MR) is 145 cm³/mol. The zero-order valence-electron chi connectivity index (χ0n) is 22.5. The molecule has 1 fully saturated rings. The van der Waals surface area contributed by atoms with Gasteiger partial charge in [0, 0.05) is 5.54 Å². The van der Waals surface area contributed by atoms with E-state index in [9.17, 15) is 4.79 Å². The van der Waals surface area contributed by atoms with Gasteiger partial charge in [-0.25, -0.2) is 0 Å². The van der Waals surface area contributed by atoms with Crippen LogP contribution in [0.1, 0.15) is 104 Å². The quantitative estimate of drug-likeness (QED) is 0.379. The summed E-state index contributed by atoms with van der Waals surface area (Å²) in [6.45, 7) is 13.7. The van der Waals surface area contributed by atoms with Crippen LogP contribution in [0.4, 0.5) is 0 Å². The molecule has 0 bridgehead atoms. The number of hydrogen-bond acceptors (Lipinski definition) is 1. The van der Waals surface area contributed by atoms with Crippen LogP contribution in [0.15, 0.2) is 60.7 Å². The molecule has 186 valence electrons. The third-order valence-electron chi connectivity index (χ3n) is 8.21. The molecule has 0 heterocycles. The Morgan fingerprint density at radius 3 is 1.71 bits per heavy atom. The fourth-order valence-corrected chi connectivity index (χ4v) is 6.80. The summed E-state index contributed by atoms with van der Waals surface area (Å²) >= 11 is 0. The van der Waals surface area contributed by atoms with Gasteiger partial charge in [0.2, 0.25) is 5.91 Å². The molecule has 0 radical (unpaired) electrons. The van der Waals surface area contributed by atoms with Gasteiger partial charge in [-0.3, -0.25) is 4.79 Å². The van der Waals surface area contributed by atoms with Crippen molar-refractivity contribution in [3.63, 3.8) is 0 Å². The Hall–Kier alpha value is -2.09. The monoisotopic (exact) mass is 461 g/mol. The Morgan fingerprint density at radius 1 is 0.794 bits per heavy atom. The molecule has 0 unspecified atom stereocenters. The van der Waals surface area contributed by atoms with E-state index in [1.54, 1.807) is 0 Å². The third kappa shape index (κ3) is 6.32. The number of nitrogens with one attached hydrogen (secondary N) is 1. The molecule has 0 aromatic heterocycles. The number of hydrogen-bond donors (Lipinski definition) is 1. The second kappa shape index (κ2) is 11.1. The van der Waals surface area contributed by atoms with Gasteiger partial charge in [-0.2, -0.15) is 0 Å². The van der Waals surface area contributed by atoms with Gasteiger partial charge in [0.05, 0.1) is 5.41 Å². The zero-order chi connectivity index (χ0) is 24.8. The smallest absolute Gasteiger partial charge is 0.235 e. The fraction of sp³-hybridized carbons (Fsp3) is 0.594. The van der Waals surface area contributed by atoms with Crippen LogP contribution in [0, 0.1) is 17.3 Å². The highest BCUT2D eigenvalue weighted by atomic mass is 16.2. The Morgan fingerprint density at radius 2 is 1.26 bits per heavy atom. The Kier molecular flexibility index (Phi) is 8.66. The van der Waals surface area contributed by atoms with Crippen LogP contribution in [0.5, 0.6) is 0 Å². The molecule has 0 saturated heterocycles. The van der Waals surface area contributed by atoms with Crippen LogP contribution >= 0.6 is 0 Å². The molecule has 2 nitrogen and oxygen atoms in total. The molecule has 1 aliphatic carbocycles. The van der Waals surface area contributed by atoms with Crippen LogP contribution in [0.2, 0.25) is 0 Å². The Labute approximate surface area is 208 Å². The highest BCUT2D eigenvalue weighted by molar-refractivity contribution is 5.92. The first-order chi connectivity index (χ1) is 16.1. The summed E-state index contributed by atoms with van der Waals surface area (Å²) in [5.41, 5.74) is 1.33. The van der Waals surface area contributed by atoms with Crippen molar-refractivity contribution in [3.8, 4) is 0 Å². The van der Waals surface area contributed by atoms with E-state index >= 15 is 0 Å². The Balaban J connectivity index is 1.78. The second-order valence-corrected chi connectivity index (χ2v) is 12.2. The molecule has 2 heteroatoms. The molecule has 1 saturated carbocycles. The fourth-order valence-electron chi connectivity index (χ4n) is 6.80. The van der Waals surface area contributed by atoms with Crippen LogP contribution in [0.3, 0.4) is 0 Å². The zero-order valence-corrected chi connectivity index (χ0v) is 22.5. The first-order valence-corrected chi connectivity index (χ1v) is 13.6. The van der Waals surface area contributed by atoms with Gasteiger partial charge in [-0.05, 0) is 61.5 Å². The molecule has 2 aromatic carbocycles. The lowest BCUT2D eigenvalue weighted by molar-refractivity contribution is -0.127. The van der Waals surface area contributed by atoms with E-state index in [4.69, 9.17) is 0 Å². The molecular formula is C32H47NO. The van der Waals surface area contributed by atoms with Crippen LogP contribution in [-0.2, 0) is 10.2 Å². The molecule has 0 atom stereocenters. The average molecular weight is 462 g/mol. The average Bonchev–Trinajstić information content (AvgIpc) is 2.80. The molecule has 3 rings (SSSR count). The number of amides is 1. The second-order valence-electron chi connectivity index (χ2n) is 12.2. The summed E-state index contributed by atoms with van der Waals surface area (Å²) < 4.78 is 0. The highest BCUT2D eigenvalue weighted by Crippen LogP contribution is 2.42. The summed E-state index contributed by atoms with van der Waals surface area (Å²) in [4.78, 5) is 14.1. The van der Waals surface area contributed by atoms with Crippen molar-refractivity contribution >= 4 is 5.91 Å².